The molecule has 3 heterocycles. The molecule has 2 fully saturated rings. The third-order valence-corrected chi connectivity index (χ3v) is 6.94. The summed E-state index contributed by atoms with van der Waals surface area (Å²) in [5.41, 5.74) is -2.17. The number of hydrogen-bond acceptors (Lipinski definition) is 8. The second kappa shape index (κ2) is 10.1. The Kier molecular flexibility index (Phi) is 7.23. The smallest absolute Gasteiger partial charge is 0.408 e. The first-order chi connectivity index (χ1) is 17.8. The van der Waals surface area contributed by atoms with Gasteiger partial charge in [0.1, 0.15) is 23.7 Å². The fourth-order valence-corrected chi connectivity index (χ4v) is 4.79. The van der Waals surface area contributed by atoms with Crippen LogP contribution in [0, 0.1) is 17.2 Å². The van der Waals surface area contributed by atoms with Crippen LogP contribution < -0.4 is 15.4 Å². The van der Waals surface area contributed by atoms with E-state index in [0.717, 1.165) is 12.8 Å². The van der Waals surface area contributed by atoms with E-state index in [-0.39, 0.29) is 24.7 Å². The van der Waals surface area contributed by atoms with Gasteiger partial charge in [-0.25, -0.2) is 9.78 Å². The van der Waals surface area contributed by atoms with Crippen LogP contribution in [0.2, 0.25) is 0 Å². The minimum absolute atomic E-state index is 0.0141. The van der Waals surface area contributed by atoms with Gasteiger partial charge in [-0.15, -0.1) is 0 Å². The Hall–Kier alpha value is -3.88. The summed E-state index contributed by atoms with van der Waals surface area (Å²) >= 11 is 0. The number of amides is 4. The van der Waals surface area contributed by atoms with Crippen LogP contribution in [0.15, 0.2) is 18.3 Å². The zero-order chi connectivity index (χ0) is 27.8. The van der Waals surface area contributed by atoms with E-state index < -0.39 is 53.1 Å². The molecular formula is C26H34N6O6. The Balaban J connectivity index is 1.52. The van der Waals surface area contributed by atoms with Crippen LogP contribution in [0.25, 0.3) is 0 Å². The van der Waals surface area contributed by atoms with Crippen molar-refractivity contribution in [3.8, 4) is 11.8 Å². The van der Waals surface area contributed by atoms with Gasteiger partial charge in [-0.2, -0.15) is 5.26 Å². The van der Waals surface area contributed by atoms with Gasteiger partial charge in [-0.3, -0.25) is 14.4 Å². The van der Waals surface area contributed by atoms with Crippen LogP contribution in [0.3, 0.4) is 0 Å². The lowest BCUT2D eigenvalue weighted by molar-refractivity contribution is -0.146. The Morgan fingerprint density at radius 3 is 2.74 bits per heavy atom. The molecule has 12 nitrogen and oxygen atoms in total. The van der Waals surface area contributed by atoms with Gasteiger partial charge in [-0.1, -0.05) is 12.8 Å². The number of rotatable bonds is 6. The van der Waals surface area contributed by atoms with E-state index in [1.165, 1.54) is 30.0 Å². The number of aromatic nitrogens is 1. The maximum Gasteiger partial charge on any atom is 0.408 e. The fourth-order valence-electron chi connectivity index (χ4n) is 4.79. The largest absolute Gasteiger partial charge is 0.472 e. The summed E-state index contributed by atoms with van der Waals surface area (Å²) in [6, 6.07) is 2.72. The third-order valence-electron chi connectivity index (χ3n) is 6.94. The highest BCUT2D eigenvalue weighted by Gasteiger charge is 2.56. The Bertz CT molecular complexity index is 1170. The predicted octanol–water partition coefficient (Wildman–Crippen LogP) is 1.82. The van der Waals surface area contributed by atoms with Gasteiger partial charge in [0.15, 0.2) is 11.6 Å². The number of likely N-dealkylation sites (tertiary alicyclic amines) is 1. The Morgan fingerprint density at radius 2 is 2.11 bits per heavy atom. The first kappa shape index (κ1) is 27.2. The number of likely N-dealkylation sites (N-methyl/N-ethyl adjacent to an activating group) is 1. The zero-order valence-corrected chi connectivity index (χ0v) is 22.3. The van der Waals surface area contributed by atoms with Gasteiger partial charge in [0.05, 0.1) is 12.6 Å². The molecule has 38 heavy (non-hydrogen) atoms. The maximum absolute atomic E-state index is 13.9. The molecule has 2 aliphatic heterocycles. The fraction of sp³-hybridized carbons (Fsp3) is 0.615. The summed E-state index contributed by atoms with van der Waals surface area (Å²) in [6.07, 6.45) is 3.08. The van der Waals surface area contributed by atoms with E-state index in [0.29, 0.717) is 12.2 Å². The number of pyridine rings is 1. The van der Waals surface area contributed by atoms with E-state index in [9.17, 15) is 24.4 Å². The van der Waals surface area contributed by atoms with E-state index in [1.54, 1.807) is 32.9 Å². The molecular weight excluding hydrogens is 492 g/mol. The van der Waals surface area contributed by atoms with Gasteiger partial charge in [0, 0.05) is 19.7 Å². The van der Waals surface area contributed by atoms with Crippen molar-refractivity contribution < 1.29 is 28.7 Å². The summed E-state index contributed by atoms with van der Waals surface area (Å²) in [5.74, 6) is -0.458. The quantitative estimate of drug-likeness (QED) is 0.569. The number of nitriles is 1. The number of nitrogens with zero attached hydrogens (tertiary/aromatic N) is 4. The van der Waals surface area contributed by atoms with Crippen molar-refractivity contribution >= 4 is 29.6 Å². The molecule has 4 atom stereocenters. The number of nitrogens with one attached hydrogen (secondary N) is 2. The lowest BCUT2D eigenvalue weighted by Crippen LogP contribution is -2.57. The third kappa shape index (κ3) is 5.66. The molecule has 4 amide bonds. The molecule has 3 aliphatic rings. The molecule has 12 heteroatoms. The van der Waals surface area contributed by atoms with Crippen LogP contribution in [0.1, 0.15) is 53.4 Å². The molecule has 0 radical (unpaired) electrons. The molecule has 2 N–H and O–H groups in total. The zero-order valence-electron chi connectivity index (χ0n) is 22.3. The summed E-state index contributed by atoms with van der Waals surface area (Å²) < 4.78 is 11.3. The van der Waals surface area contributed by atoms with Gasteiger partial charge in [0.25, 0.3) is 5.91 Å². The molecule has 0 aromatic carbocycles. The highest BCUT2D eigenvalue weighted by molar-refractivity contribution is 6.01. The lowest BCUT2D eigenvalue weighted by atomic mass is 9.97. The van der Waals surface area contributed by atoms with Crippen molar-refractivity contribution in [2.45, 2.75) is 82.7 Å². The highest BCUT2D eigenvalue weighted by Crippen LogP contribution is 2.40. The van der Waals surface area contributed by atoms with Crippen molar-refractivity contribution in [2.75, 3.05) is 18.9 Å². The first-order valence-corrected chi connectivity index (χ1v) is 12.8. The minimum Gasteiger partial charge on any atom is -0.472 e. The standard InChI is InChI=1S/C26H34N6O6/c1-15(29-24(36)38-25(2,3)4)21(33)31(5)18(11-16-8-9-16)22(34)32-14-26(12-17(32)13-27)23(35)30-20-19(37-26)7-6-10-28-20/h6-7,10,15-18H,8-9,11-12,14H2,1-5H3,(H,29,36)(H,28,30,35). The van der Waals surface area contributed by atoms with Crippen LogP contribution in [0.5, 0.6) is 5.75 Å². The highest BCUT2D eigenvalue weighted by atomic mass is 16.6. The molecule has 1 saturated heterocycles. The maximum atomic E-state index is 13.9. The topological polar surface area (TPSA) is 154 Å². The molecule has 4 rings (SSSR count). The van der Waals surface area contributed by atoms with Crippen molar-refractivity contribution in [3.05, 3.63) is 18.3 Å². The molecule has 204 valence electrons. The van der Waals surface area contributed by atoms with E-state index in [1.807, 2.05) is 0 Å². The van der Waals surface area contributed by atoms with Gasteiger partial charge in [0.2, 0.25) is 17.4 Å². The second-order valence-corrected chi connectivity index (χ2v) is 11.2. The molecule has 1 saturated carbocycles. The molecule has 1 aromatic rings. The normalized spacial score (nSPS) is 23.8. The lowest BCUT2D eigenvalue weighted by Gasteiger charge is -2.35. The average molecular weight is 527 g/mol. The average Bonchev–Trinajstić information content (AvgIpc) is 3.59. The summed E-state index contributed by atoms with van der Waals surface area (Å²) in [6.45, 7) is 6.54. The van der Waals surface area contributed by atoms with Crippen LogP contribution in [-0.4, -0.2) is 81.5 Å². The van der Waals surface area contributed by atoms with E-state index in [4.69, 9.17) is 9.47 Å². The van der Waals surface area contributed by atoms with E-state index >= 15 is 0 Å². The number of alkyl carbamates (subject to hydrolysis) is 1. The minimum atomic E-state index is -1.44. The van der Waals surface area contributed by atoms with Gasteiger partial charge >= 0.3 is 6.09 Å². The SMILES string of the molecule is CC(NC(=O)OC(C)(C)C)C(=O)N(C)C(CC1CC1)C(=O)N1CC2(CC1C#N)Oc1cccnc1NC2=O. The summed E-state index contributed by atoms with van der Waals surface area (Å²) in [5, 5.41) is 15.1. The molecule has 4 unspecified atom stereocenters. The number of carbonyl (C=O) groups excluding carboxylic acids is 4. The van der Waals surface area contributed by atoms with Gasteiger partial charge < -0.3 is 29.9 Å². The molecule has 0 bridgehead atoms. The van der Waals surface area contributed by atoms with E-state index in [2.05, 4.69) is 21.7 Å². The summed E-state index contributed by atoms with van der Waals surface area (Å²) in [7, 11) is 1.51. The number of fused-ring (bicyclic) bond motifs is 1. The number of hydrogen-bond donors (Lipinski definition) is 2. The monoisotopic (exact) mass is 526 g/mol. The number of anilines is 1. The van der Waals surface area contributed by atoms with Crippen molar-refractivity contribution in [2.24, 2.45) is 5.92 Å². The van der Waals surface area contributed by atoms with Crippen molar-refractivity contribution in [1.82, 2.24) is 20.1 Å². The Labute approximate surface area is 221 Å². The number of ether oxygens (including phenoxy) is 2. The predicted molar refractivity (Wildman–Crippen MR) is 135 cm³/mol. The summed E-state index contributed by atoms with van der Waals surface area (Å²) in [4.78, 5) is 59.2. The van der Waals surface area contributed by atoms with Crippen LogP contribution in [-0.2, 0) is 19.1 Å². The molecule has 1 aromatic heterocycles. The second-order valence-electron chi connectivity index (χ2n) is 11.2. The molecule has 1 aliphatic carbocycles. The van der Waals surface area contributed by atoms with Gasteiger partial charge in [-0.05, 0) is 52.2 Å². The van der Waals surface area contributed by atoms with Crippen molar-refractivity contribution in [3.63, 3.8) is 0 Å². The van der Waals surface area contributed by atoms with Crippen LogP contribution >= 0.6 is 0 Å². The first-order valence-electron chi connectivity index (χ1n) is 12.8. The van der Waals surface area contributed by atoms with Crippen molar-refractivity contribution in [1.29, 1.82) is 5.26 Å². The Morgan fingerprint density at radius 1 is 1.39 bits per heavy atom. The molecule has 1 spiro atoms. The van der Waals surface area contributed by atoms with Crippen LogP contribution in [0.4, 0.5) is 10.6 Å². The number of carbonyl (C=O) groups is 4.